The van der Waals surface area contributed by atoms with Crippen LogP contribution in [-0.4, -0.2) is 13.2 Å². The van der Waals surface area contributed by atoms with Crippen LogP contribution in [0.2, 0.25) is 0 Å². The van der Waals surface area contributed by atoms with Gasteiger partial charge in [-0.25, -0.2) is 0 Å². The van der Waals surface area contributed by atoms with Crippen LogP contribution in [0.4, 0.5) is 0 Å². The van der Waals surface area contributed by atoms with Gasteiger partial charge in [-0.05, 0) is 6.42 Å². The van der Waals surface area contributed by atoms with E-state index in [9.17, 15) is 0 Å². The molecule has 0 radical (unpaired) electrons. The van der Waals surface area contributed by atoms with Crippen LogP contribution in [-0.2, 0) is 4.74 Å². The van der Waals surface area contributed by atoms with Crippen LogP contribution in [0.25, 0.3) is 0 Å². The van der Waals surface area contributed by atoms with E-state index in [0.29, 0.717) is 0 Å². The van der Waals surface area contributed by atoms with Gasteiger partial charge in [0.1, 0.15) is 6.61 Å². The molecule has 2 heteroatoms. The molecule has 2 nitrogen and oxygen atoms in total. The molecule has 0 spiro atoms. The second-order valence-corrected chi connectivity index (χ2v) is 2.27. The van der Waals surface area contributed by atoms with E-state index >= 15 is 0 Å². The Morgan fingerprint density at radius 1 is 1.30 bits per heavy atom. The van der Waals surface area contributed by atoms with Crippen molar-refractivity contribution in [3.05, 3.63) is 0 Å². The first-order valence-corrected chi connectivity index (χ1v) is 3.86. The summed E-state index contributed by atoms with van der Waals surface area (Å²) in [6.07, 6.45) is 4.84. The first-order chi connectivity index (χ1) is 4.91. The van der Waals surface area contributed by atoms with E-state index in [0.717, 1.165) is 13.0 Å². The summed E-state index contributed by atoms with van der Waals surface area (Å²) in [6.45, 7) is 3.16. The Morgan fingerprint density at radius 2 is 2.10 bits per heavy atom. The van der Waals surface area contributed by atoms with Gasteiger partial charge in [0, 0.05) is 6.61 Å². The fourth-order valence-electron chi connectivity index (χ4n) is 0.749. The summed E-state index contributed by atoms with van der Waals surface area (Å²) in [5, 5.41) is 8.09. The Morgan fingerprint density at radius 3 is 2.70 bits per heavy atom. The largest absolute Gasteiger partial charge is 0.367 e. The minimum atomic E-state index is 0.242. The SMILES string of the molecule is CCCCCCOCC#N. The van der Waals surface area contributed by atoms with Crippen LogP contribution in [0.3, 0.4) is 0 Å². The van der Waals surface area contributed by atoms with Crippen molar-refractivity contribution in [3.8, 4) is 6.07 Å². The molecule has 0 saturated heterocycles. The number of hydrogen-bond acceptors (Lipinski definition) is 2. The minimum absolute atomic E-state index is 0.242. The normalized spacial score (nSPS) is 9.20. The molecule has 0 fully saturated rings. The van der Waals surface area contributed by atoms with Crippen LogP contribution in [0, 0.1) is 11.3 Å². The number of nitrogens with zero attached hydrogens (tertiary/aromatic N) is 1. The first kappa shape index (κ1) is 9.45. The second-order valence-electron chi connectivity index (χ2n) is 2.27. The van der Waals surface area contributed by atoms with Crippen molar-refractivity contribution >= 4 is 0 Å². The Bertz CT molecular complexity index is 95.9. The fourth-order valence-corrected chi connectivity index (χ4v) is 0.749. The maximum atomic E-state index is 8.09. The third kappa shape index (κ3) is 7.45. The molecule has 0 atom stereocenters. The summed E-state index contributed by atoms with van der Waals surface area (Å²) in [7, 11) is 0. The number of unbranched alkanes of at least 4 members (excludes halogenated alkanes) is 3. The predicted molar refractivity (Wildman–Crippen MR) is 40.6 cm³/mol. The van der Waals surface area contributed by atoms with E-state index < -0.39 is 0 Å². The Labute approximate surface area is 62.8 Å². The van der Waals surface area contributed by atoms with Crippen molar-refractivity contribution in [3.63, 3.8) is 0 Å². The van der Waals surface area contributed by atoms with Gasteiger partial charge in [-0.2, -0.15) is 5.26 Å². The lowest BCUT2D eigenvalue weighted by Crippen LogP contribution is -1.93. The lowest BCUT2D eigenvalue weighted by Gasteiger charge is -1.97. The molecule has 0 saturated carbocycles. The highest BCUT2D eigenvalue weighted by Crippen LogP contribution is 1.98. The van der Waals surface area contributed by atoms with Crippen molar-refractivity contribution in [2.75, 3.05) is 13.2 Å². The van der Waals surface area contributed by atoms with E-state index in [4.69, 9.17) is 10.00 Å². The van der Waals surface area contributed by atoms with Crippen molar-refractivity contribution in [1.82, 2.24) is 0 Å². The highest BCUT2D eigenvalue weighted by atomic mass is 16.5. The van der Waals surface area contributed by atoms with Crippen LogP contribution in [0.15, 0.2) is 0 Å². The van der Waals surface area contributed by atoms with Gasteiger partial charge in [-0.15, -0.1) is 0 Å². The van der Waals surface area contributed by atoms with E-state index in [1.165, 1.54) is 19.3 Å². The van der Waals surface area contributed by atoms with Crippen molar-refractivity contribution < 1.29 is 4.74 Å². The summed E-state index contributed by atoms with van der Waals surface area (Å²) >= 11 is 0. The van der Waals surface area contributed by atoms with Crippen molar-refractivity contribution in [1.29, 1.82) is 5.26 Å². The van der Waals surface area contributed by atoms with Gasteiger partial charge in [0.2, 0.25) is 0 Å². The number of ether oxygens (including phenoxy) is 1. The number of rotatable bonds is 6. The van der Waals surface area contributed by atoms with E-state index in [2.05, 4.69) is 6.92 Å². The molecule has 0 N–H and O–H groups in total. The molecule has 10 heavy (non-hydrogen) atoms. The van der Waals surface area contributed by atoms with Crippen LogP contribution >= 0.6 is 0 Å². The molecule has 0 heterocycles. The zero-order valence-corrected chi connectivity index (χ0v) is 6.60. The van der Waals surface area contributed by atoms with Crippen molar-refractivity contribution in [2.45, 2.75) is 32.6 Å². The predicted octanol–water partition coefficient (Wildman–Crippen LogP) is 2.11. The maximum Gasteiger partial charge on any atom is 0.133 e. The second kappa shape index (κ2) is 8.45. The molecule has 0 aliphatic rings. The standard InChI is InChI=1S/C8H15NO/c1-2-3-4-5-7-10-8-6-9/h2-5,7-8H2,1H3. The highest BCUT2D eigenvalue weighted by Gasteiger charge is 1.86. The Kier molecular flexibility index (Phi) is 7.99. The lowest BCUT2D eigenvalue weighted by atomic mass is 10.2. The van der Waals surface area contributed by atoms with Crippen LogP contribution < -0.4 is 0 Å². The van der Waals surface area contributed by atoms with Gasteiger partial charge in [-0.3, -0.25) is 0 Å². The molecule has 0 bridgehead atoms. The van der Waals surface area contributed by atoms with Crippen LogP contribution in [0.1, 0.15) is 32.6 Å². The van der Waals surface area contributed by atoms with Gasteiger partial charge < -0.3 is 4.74 Å². The summed E-state index contributed by atoms with van der Waals surface area (Å²) in [5.41, 5.74) is 0. The molecule has 0 rings (SSSR count). The molecule has 0 aliphatic carbocycles. The molecule has 0 aromatic heterocycles. The fraction of sp³-hybridized carbons (Fsp3) is 0.875. The highest BCUT2D eigenvalue weighted by molar-refractivity contribution is 4.65. The van der Waals surface area contributed by atoms with Gasteiger partial charge in [0.25, 0.3) is 0 Å². The Balaban J connectivity index is 2.72. The first-order valence-electron chi connectivity index (χ1n) is 3.86. The summed E-state index contributed by atoms with van der Waals surface area (Å²) in [6, 6.07) is 1.94. The number of hydrogen-bond donors (Lipinski definition) is 0. The smallest absolute Gasteiger partial charge is 0.133 e. The van der Waals surface area contributed by atoms with Gasteiger partial charge in [0.15, 0.2) is 0 Å². The average Bonchev–Trinajstić information content (AvgIpc) is 1.97. The topological polar surface area (TPSA) is 33.0 Å². The van der Waals surface area contributed by atoms with E-state index in [1.54, 1.807) is 0 Å². The third-order valence-electron chi connectivity index (χ3n) is 1.31. The molecule has 0 aliphatic heterocycles. The summed E-state index contributed by atoms with van der Waals surface area (Å²) < 4.78 is 4.97. The van der Waals surface area contributed by atoms with Crippen molar-refractivity contribution in [2.24, 2.45) is 0 Å². The zero-order chi connectivity index (χ0) is 7.66. The molecule has 0 aromatic carbocycles. The molecule has 58 valence electrons. The zero-order valence-electron chi connectivity index (χ0n) is 6.60. The summed E-state index contributed by atoms with van der Waals surface area (Å²) in [5.74, 6) is 0. The molecule has 0 amide bonds. The van der Waals surface area contributed by atoms with Gasteiger partial charge in [-0.1, -0.05) is 26.2 Å². The van der Waals surface area contributed by atoms with Crippen LogP contribution in [0.5, 0.6) is 0 Å². The van der Waals surface area contributed by atoms with E-state index in [-0.39, 0.29) is 6.61 Å². The molecular weight excluding hydrogens is 126 g/mol. The maximum absolute atomic E-state index is 8.09. The quantitative estimate of drug-likeness (QED) is 0.531. The van der Waals surface area contributed by atoms with E-state index in [1.807, 2.05) is 6.07 Å². The molecule has 0 unspecified atom stereocenters. The lowest BCUT2D eigenvalue weighted by molar-refractivity contribution is 0.161. The minimum Gasteiger partial charge on any atom is -0.367 e. The van der Waals surface area contributed by atoms with Gasteiger partial charge >= 0.3 is 0 Å². The summed E-state index contributed by atoms with van der Waals surface area (Å²) in [4.78, 5) is 0. The average molecular weight is 141 g/mol. The Hall–Kier alpha value is -0.550. The molecular formula is C8H15NO. The monoisotopic (exact) mass is 141 g/mol. The molecule has 0 aromatic rings. The van der Waals surface area contributed by atoms with Gasteiger partial charge in [0.05, 0.1) is 6.07 Å². The number of nitriles is 1. The third-order valence-corrected chi connectivity index (χ3v) is 1.31.